The summed E-state index contributed by atoms with van der Waals surface area (Å²) in [7, 11) is -4.31. The molecular weight excluding hydrogens is 636 g/mol. The minimum absolute atomic E-state index is 0.00204. The van der Waals surface area contributed by atoms with Gasteiger partial charge in [0, 0.05) is 12.6 Å². The second kappa shape index (κ2) is 14.8. The number of benzene rings is 3. The predicted octanol–water partition coefficient (Wildman–Crippen LogP) is 7.24. The van der Waals surface area contributed by atoms with Crippen LogP contribution in [-0.4, -0.2) is 43.8 Å². The van der Waals surface area contributed by atoms with E-state index in [0.717, 1.165) is 48.5 Å². The number of nitrogens with one attached hydrogen (secondary N) is 1. The molecule has 1 aliphatic rings. The Bertz CT molecular complexity index is 1550. The molecule has 0 spiro atoms. The van der Waals surface area contributed by atoms with Crippen LogP contribution in [0.15, 0.2) is 71.6 Å². The summed E-state index contributed by atoms with van der Waals surface area (Å²) in [5.74, 6) is -1.69. The third kappa shape index (κ3) is 8.20. The SMILES string of the molecule is CCC(C(=O)NC1CCCCC1)N(Cc1ccc(Cl)c(Cl)c1)C(=O)CN(c1ccc(F)c(Cl)c1)S(=O)(=O)c1ccccc1. The van der Waals surface area contributed by atoms with Crippen LogP contribution in [0.3, 0.4) is 0 Å². The molecule has 1 N–H and O–H groups in total. The maximum Gasteiger partial charge on any atom is 0.264 e. The number of sulfonamides is 1. The van der Waals surface area contributed by atoms with Crippen LogP contribution in [0.2, 0.25) is 15.1 Å². The zero-order chi connectivity index (χ0) is 31.1. The van der Waals surface area contributed by atoms with Gasteiger partial charge in [-0.05, 0) is 67.3 Å². The van der Waals surface area contributed by atoms with Gasteiger partial charge in [-0.25, -0.2) is 12.8 Å². The molecule has 2 amide bonds. The third-order valence-corrected chi connectivity index (χ3v) is 10.3. The molecule has 0 radical (unpaired) electrons. The molecule has 1 unspecified atom stereocenters. The lowest BCUT2D eigenvalue weighted by Gasteiger charge is -2.34. The summed E-state index contributed by atoms with van der Waals surface area (Å²) in [6, 6.07) is 15.0. The Balaban J connectivity index is 1.73. The highest BCUT2D eigenvalue weighted by Crippen LogP contribution is 2.29. The monoisotopic (exact) mass is 667 g/mol. The largest absolute Gasteiger partial charge is 0.352 e. The van der Waals surface area contributed by atoms with Crippen molar-refractivity contribution in [2.45, 2.75) is 69.0 Å². The quantitative estimate of drug-likeness (QED) is 0.234. The highest BCUT2D eigenvalue weighted by atomic mass is 35.5. The van der Waals surface area contributed by atoms with Crippen LogP contribution in [0.1, 0.15) is 51.0 Å². The van der Waals surface area contributed by atoms with E-state index in [4.69, 9.17) is 34.8 Å². The Hall–Kier alpha value is -2.85. The van der Waals surface area contributed by atoms with Crippen molar-refractivity contribution in [3.63, 3.8) is 0 Å². The number of nitrogens with zero attached hydrogens (tertiary/aromatic N) is 2. The second-order valence-electron chi connectivity index (χ2n) is 10.5. The molecule has 230 valence electrons. The van der Waals surface area contributed by atoms with Crippen molar-refractivity contribution in [3.8, 4) is 0 Å². The standard InChI is InChI=1S/C31H33Cl3FN3O4S/c1-2-29(31(40)36-22-9-5-3-6-10-22)37(19-21-13-15-25(32)26(33)17-21)30(39)20-38(23-14-16-28(35)27(34)18-23)43(41,42)24-11-7-4-8-12-24/h4,7-8,11-18,22,29H,2-3,5-6,9-10,19-20H2,1H3,(H,36,40). The lowest BCUT2D eigenvalue weighted by atomic mass is 9.95. The molecule has 7 nitrogen and oxygen atoms in total. The Labute approximate surface area is 267 Å². The van der Waals surface area contributed by atoms with Crippen molar-refractivity contribution in [2.24, 2.45) is 0 Å². The average molecular weight is 669 g/mol. The molecule has 1 atom stereocenters. The highest BCUT2D eigenvalue weighted by Gasteiger charge is 2.34. The fourth-order valence-corrected chi connectivity index (χ4v) is 7.11. The maximum atomic E-state index is 14.2. The normalized spacial score (nSPS) is 14.6. The van der Waals surface area contributed by atoms with E-state index in [1.54, 1.807) is 43.3 Å². The van der Waals surface area contributed by atoms with Crippen LogP contribution in [0.4, 0.5) is 10.1 Å². The Morgan fingerprint density at radius 3 is 2.26 bits per heavy atom. The van der Waals surface area contributed by atoms with Crippen molar-refractivity contribution >= 4 is 62.3 Å². The average Bonchev–Trinajstić information content (AvgIpc) is 3.00. The molecule has 1 fully saturated rings. The van der Waals surface area contributed by atoms with Crippen LogP contribution < -0.4 is 9.62 Å². The number of hydrogen-bond acceptors (Lipinski definition) is 4. The molecule has 4 rings (SSSR count). The number of carbonyl (C=O) groups excluding carboxylic acids is 2. The summed E-state index contributed by atoms with van der Waals surface area (Å²) in [4.78, 5) is 29.1. The van der Waals surface area contributed by atoms with E-state index >= 15 is 0 Å². The van der Waals surface area contributed by atoms with Crippen LogP contribution in [0, 0.1) is 5.82 Å². The molecule has 3 aromatic carbocycles. The van der Waals surface area contributed by atoms with Gasteiger partial charge in [0.1, 0.15) is 18.4 Å². The van der Waals surface area contributed by atoms with Crippen molar-refractivity contribution in [1.82, 2.24) is 10.2 Å². The van der Waals surface area contributed by atoms with Crippen LogP contribution in [0.25, 0.3) is 0 Å². The number of halogens is 4. The number of hydrogen-bond donors (Lipinski definition) is 1. The van der Waals surface area contributed by atoms with Gasteiger partial charge < -0.3 is 10.2 Å². The first-order chi connectivity index (χ1) is 20.5. The topological polar surface area (TPSA) is 86.8 Å². The van der Waals surface area contributed by atoms with Gasteiger partial charge in [-0.2, -0.15) is 0 Å². The molecule has 3 aromatic rings. The third-order valence-electron chi connectivity index (χ3n) is 7.48. The fourth-order valence-electron chi connectivity index (χ4n) is 5.19. The fraction of sp³-hybridized carbons (Fsp3) is 0.355. The van der Waals surface area contributed by atoms with Crippen LogP contribution in [0.5, 0.6) is 0 Å². The number of amides is 2. The molecule has 43 heavy (non-hydrogen) atoms. The van der Waals surface area contributed by atoms with E-state index < -0.39 is 34.3 Å². The van der Waals surface area contributed by atoms with Gasteiger partial charge in [-0.3, -0.25) is 13.9 Å². The molecule has 1 aliphatic carbocycles. The van der Waals surface area contributed by atoms with E-state index in [0.29, 0.717) is 10.6 Å². The molecule has 12 heteroatoms. The van der Waals surface area contributed by atoms with Crippen molar-refractivity contribution < 1.29 is 22.4 Å². The van der Waals surface area contributed by atoms with Crippen molar-refractivity contribution in [3.05, 3.63) is 93.2 Å². The zero-order valence-corrected chi connectivity index (χ0v) is 26.7. The second-order valence-corrected chi connectivity index (χ2v) is 13.5. The van der Waals surface area contributed by atoms with E-state index in [9.17, 15) is 22.4 Å². The summed E-state index contributed by atoms with van der Waals surface area (Å²) in [5, 5.41) is 3.40. The molecule has 0 aromatic heterocycles. The first-order valence-electron chi connectivity index (χ1n) is 14.1. The summed E-state index contributed by atoms with van der Waals surface area (Å²) in [5.41, 5.74) is 0.603. The molecule has 0 bridgehead atoms. The first-order valence-corrected chi connectivity index (χ1v) is 16.6. The van der Waals surface area contributed by atoms with E-state index in [1.165, 1.54) is 23.1 Å². The molecule has 0 heterocycles. The summed E-state index contributed by atoms with van der Waals surface area (Å²) in [6.45, 7) is 1.09. The molecule has 0 aliphatic heterocycles. The number of carbonyl (C=O) groups is 2. The van der Waals surface area contributed by atoms with Crippen LogP contribution in [-0.2, 0) is 26.2 Å². The van der Waals surface area contributed by atoms with Gasteiger partial charge in [0.15, 0.2) is 0 Å². The number of rotatable bonds is 11. The number of anilines is 1. The van der Waals surface area contributed by atoms with Gasteiger partial charge in [0.25, 0.3) is 10.0 Å². The highest BCUT2D eigenvalue weighted by molar-refractivity contribution is 7.92. The maximum absolute atomic E-state index is 14.2. The lowest BCUT2D eigenvalue weighted by Crippen LogP contribution is -2.54. The van der Waals surface area contributed by atoms with Crippen molar-refractivity contribution in [2.75, 3.05) is 10.8 Å². The summed E-state index contributed by atoms with van der Waals surface area (Å²) in [6.07, 6.45) is 5.14. The van der Waals surface area contributed by atoms with E-state index in [-0.39, 0.29) is 45.5 Å². The van der Waals surface area contributed by atoms with Crippen LogP contribution >= 0.6 is 34.8 Å². The van der Waals surface area contributed by atoms with E-state index in [2.05, 4.69) is 5.32 Å². The van der Waals surface area contributed by atoms with Gasteiger partial charge in [0.05, 0.1) is 25.7 Å². The Morgan fingerprint density at radius 1 is 0.930 bits per heavy atom. The zero-order valence-electron chi connectivity index (χ0n) is 23.6. The lowest BCUT2D eigenvalue weighted by molar-refractivity contribution is -0.140. The van der Waals surface area contributed by atoms with Gasteiger partial charge in [-0.1, -0.05) is 85.3 Å². The minimum atomic E-state index is -4.31. The summed E-state index contributed by atoms with van der Waals surface area (Å²) >= 11 is 18.4. The molecular formula is C31H33Cl3FN3O4S. The first kappa shape index (κ1) is 33.1. The Morgan fingerprint density at radius 2 is 1.63 bits per heavy atom. The van der Waals surface area contributed by atoms with Gasteiger partial charge in [-0.15, -0.1) is 0 Å². The smallest absolute Gasteiger partial charge is 0.264 e. The van der Waals surface area contributed by atoms with Gasteiger partial charge in [0.2, 0.25) is 11.8 Å². The predicted molar refractivity (Wildman–Crippen MR) is 168 cm³/mol. The summed E-state index contributed by atoms with van der Waals surface area (Å²) < 4.78 is 42.7. The van der Waals surface area contributed by atoms with E-state index in [1.807, 2.05) is 0 Å². The Kier molecular flexibility index (Phi) is 11.3. The molecule has 1 saturated carbocycles. The minimum Gasteiger partial charge on any atom is -0.352 e. The van der Waals surface area contributed by atoms with Crippen molar-refractivity contribution in [1.29, 1.82) is 0 Å². The van der Waals surface area contributed by atoms with Gasteiger partial charge >= 0.3 is 0 Å². The molecule has 0 saturated heterocycles.